The molecule has 0 amide bonds. The Balaban J connectivity index is 1.69. The molecule has 1 N–H and O–H groups in total. The van der Waals surface area contributed by atoms with Gasteiger partial charge in [0.05, 0.1) is 13.2 Å². The SMILES string of the molecule is CCNCc1c(COCC2CCOC2)oc2ccccc12. The van der Waals surface area contributed by atoms with E-state index in [1.165, 1.54) is 10.9 Å². The lowest BCUT2D eigenvalue weighted by molar-refractivity contribution is 0.0693. The minimum absolute atomic E-state index is 0.534. The summed E-state index contributed by atoms with van der Waals surface area (Å²) in [4.78, 5) is 0. The van der Waals surface area contributed by atoms with E-state index in [2.05, 4.69) is 18.3 Å². The topological polar surface area (TPSA) is 43.6 Å². The van der Waals surface area contributed by atoms with Gasteiger partial charge < -0.3 is 19.2 Å². The summed E-state index contributed by atoms with van der Waals surface area (Å²) >= 11 is 0. The van der Waals surface area contributed by atoms with Crippen LogP contribution in [0.15, 0.2) is 28.7 Å². The van der Waals surface area contributed by atoms with Gasteiger partial charge in [0.1, 0.15) is 18.0 Å². The zero-order chi connectivity index (χ0) is 14.5. The third kappa shape index (κ3) is 3.46. The quantitative estimate of drug-likeness (QED) is 0.850. The average molecular weight is 289 g/mol. The monoisotopic (exact) mass is 289 g/mol. The number of para-hydroxylation sites is 1. The maximum atomic E-state index is 5.96. The zero-order valence-electron chi connectivity index (χ0n) is 12.6. The van der Waals surface area contributed by atoms with Gasteiger partial charge in [-0.15, -0.1) is 0 Å². The second kappa shape index (κ2) is 7.07. The Hall–Kier alpha value is -1.36. The predicted octanol–water partition coefficient (Wildman–Crippen LogP) is 3.10. The van der Waals surface area contributed by atoms with Gasteiger partial charge in [0.15, 0.2) is 0 Å². The molecular weight excluding hydrogens is 266 g/mol. The van der Waals surface area contributed by atoms with E-state index in [9.17, 15) is 0 Å². The van der Waals surface area contributed by atoms with Crippen LogP contribution in [0.1, 0.15) is 24.7 Å². The highest BCUT2D eigenvalue weighted by atomic mass is 16.5. The summed E-state index contributed by atoms with van der Waals surface area (Å²) in [6, 6.07) is 8.18. The van der Waals surface area contributed by atoms with Crippen LogP contribution >= 0.6 is 0 Å². The van der Waals surface area contributed by atoms with E-state index in [1.54, 1.807) is 0 Å². The molecule has 4 heteroatoms. The molecule has 1 aliphatic rings. The Kier molecular flexibility index (Phi) is 4.91. The van der Waals surface area contributed by atoms with Crippen LogP contribution in [0.5, 0.6) is 0 Å². The largest absolute Gasteiger partial charge is 0.458 e. The van der Waals surface area contributed by atoms with Crippen LogP contribution < -0.4 is 5.32 Å². The van der Waals surface area contributed by atoms with Gasteiger partial charge in [0, 0.05) is 30.0 Å². The first-order chi connectivity index (χ1) is 10.4. The van der Waals surface area contributed by atoms with Crippen LogP contribution in [0.2, 0.25) is 0 Å². The van der Waals surface area contributed by atoms with Gasteiger partial charge in [-0.05, 0) is 19.0 Å². The number of benzene rings is 1. The highest BCUT2D eigenvalue weighted by Crippen LogP contribution is 2.26. The lowest BCUT2D eigenvalue weighted by atomic mass is 10.1. The maximum Gasteiger partial charge on any atom is 0.135 e. The van der Waals surface area contributed by atoms with Crippen LogP contribution in [0.3, 0.4) is 0 Å². The molecule has 1 unspecified atom stereocenters. The van der Waals surface area contributed by atoms with Crippen molar-refractivity contribution in [2.24, 2.45) is 5.92 Å². The summed E-state index contributed by atoms with van der Waals surface area (Å²) in [6.07, 6.45) is 1.10. The smallest absolute Gasteiger partial charge is 0.135 e. The third-order valence-corrected chi connectivity index (χ3v) is 3.94. The fraction of sp³-hybridized carbons (Fsp3) is 0.529. The van der Waals surface area contributed by atoms with Gasteiger partial charge in [-0.3, -0.25) is 0 Å². The summed E-state index contributed by atoms with van der Waals surface area (Å²) < 4.78 is 17.2. The Morgan fingerprint density at radius 1 is 1.33 bits per heavy atom. The van der Waals surface area contributed by atoms with Crippen LogP contribution in [0, 0.1) is 5.92 Å². The fourth-order valence-corrected chi connectivity index (χ4v) is 2.74. The van der Waals surface area contributed by atoms with Crippen LogP contribution in [-0.4, -0.2) is 26.4 Å². The van der Waals surface area contributed by atoms with Crippen molar-refractivity contribution in [1.82, 2.24) is 5.32 Å². The van der Waals surface area contributed by atoms with E-state index >= 15 is 0 Å². The van der Waals surface area contributed by atoms with Gasteiger partial charge in [-0.25, -0.2) is 0 Å². The lowest BCUT2D eigenvalue weighted by Gasteiger charge is -2.09. The van der Waals surface area contributed by atoms with Crippen molar-refractivity contribution in [1.29, 1.82) is 0 Å². The zero-order valence-corrected chi connectivity index (χ0v) is 12.6. The lowest BCUT2D eigenvalue weighted by Crippen LogP contribution is -2.13. The van der Waals surface area contributed by atoms with Crippen molar-refractivity contribution in [3.63, 3.8) is 0 Å². The molecule has 2 aromatic rings. The predicted molar refractivity (Wildman–Crippen MR) is 82.2 cm³/mol. The molecule has 0 bridgehead atoms. The summed E-state index contributed by atoms with van der Waals surface area (Å²) in [7, 11) is 0. The van der Waals surface area contributed by atoms with Crippen LogP contribution in [0.4, 0.5) is 0 Å². The molecule has 4 nitrogen and oxygen atoms in total. The molecule has 0 spiro atoms. The molecule has 1 aromatic carbocycles. The number of hydrogen-bond acceptors (Lipinski definition) is 4. The standard InChI is InChI=1S/C17H23NO3/c1-2-18-9-15-14-5-3-4-6-16(14)21-17(15)12-20-11-13-7-8-19-10-13/h3-6,13,18H,2,7-12H2,1H3. The van der Waals surface area contributed by atoms with Crippen molar-refractivity contribution in [2.75, 3.05) is 26.4 Å². The first-order valence-corrected chi connectivity index (χ1v) is 7.74. The first-order valence-electron chi connectivity index (χ1n) is 7.74. The number of ether oxygens (including phenoxy) is 2. The maximum absolute atomic E-state index is 5.96. The number of rotatable bonds is 7. The van der Waals surface area contributed by atoms with E-state index in [4.69, 9.17) is 13.9 Å². The van der Waals surface area contributed by atoms with Gasteiger partial charge in [-0.1, -0.05) is 25.1 Å². The van der Waals surface area contributed by atoms with Gasteiger partial charge >= 0.3 is 0 Å². The van der Waals surface area contributed by atoms with Crippen LogP contribution in [0.25, 0.3) is 11.0 Å². The summed E-state index contributed by atoms with van der Waals surface area (Å²) in [5.74, 6) is 1.47. The second-order valence-corrected chi connectivity index (χ2v) is 5.53. The Bertz CT molecular complexity index is 572. The molecule has 3 rings (SSSR count). The van der Waals surface area contributed by atoms with E-state index < -0.39 is 0 Å². The molecular formula is C17H23NO3. The normalized spacial score (nSPS) is 18.6. The molecule has 0 saturated carbocycles. The number of furan rings is 1. The van der Waals surface area contributed by atoms with E-state index in [0.29, 0.717) is 12.5 Å². The van der Waals surface area contributed by atoms with Gasteiger partial charge in [0.25, 0.3) is 0 Å². The van der Waals surface area contributed by atoms with Crippen molar-refractivity contribution in [3.8, 4) is 0 Å². The first kappa shape index (κ1) is 14.6. The Morgan fingerprint density at radius 2 is 2.24 bits per heavy atom. The molecule has 1 aliphatic heterocycles. The fourth-order valence-electron chi connectivity index (χ4n) is 2.74. The van der Waals surface area contributed by atoms with Crippen molar-refractivity contribution < 1.29 is 13.9 Å². The van der Waals surface area contributed by atoms with Gasteiger partial charge in [0.2, 0.25) is 0 Å². The average Bonchev–Trinajstić information content (AvgIpc) is 3.13. The van der Waals surface area contributed by atoms with E-state index in [1.807, 2.05) is 18.2 Å². The highest BCUT2D eigenvalue weighted by Gasteiger charge is 2.17. The minimum atomic E-state index is 0.534. The molecule has 1 aromatic heterocycles. The third-order valence-electron chi connectivity index (χ3n) is 3.94. The number of nitrogens with one attached hydrogen (secondary N) is 1. The minimum Gasteiger partial charge on any atom is -0.458 e. The molecule has 2 heterocycles. The van der Waals surface area contributed by atoms with Crippen molar-refractivity contribution in [3.05, 3.63) is 35.6 Å². The molecule has 114 valence electrons. The summed E-state index contributed by atoms with van der Waals surface area (Å²) in [6.45, 7) is 6.84. The molecule has 1 fully saturated rings. The molecule has 0 aliphatic carbocycles. The van der Waals surface area contributed by atoms with Crippen molar-refractivity contribution >= 4 is 11.0 Å². The molecule has 0 radical (unpaired) electrons. The summed E-state index contributed by atoms with van der Waals surface area (Å²) in [5, 5.41) is 4.56. The molecule has 21 heavy (non-hydrogen) atoms. The molecule has 1 saturated heterocycles. The van der Waals surface area contributed by atoms with Crippen LogP contribution in [-0.2, 0) is 22.6 Å². The Morgan fingerprint density at radius 3 is 3.05 bits per heavy atom. The summed E-state index contributed by atoms with van der Waals surface area (Å²) in [5.41, 5.74) is 2.16. The molecule has 1 atom stereocenters. The van der Waals surface area contributed by atoms with E-state index in [-0.39, 0.29) is 0 Å². The Labute approximate surface area is 125 Å². The van der Waals surface area contributed by atoms with Gasteiger partial charge in [-0.2, -0.15) is 0 Å². The van der Waals surface area contributed by atoms with E-state index in [0.717, 1.165) is 50.7 Å². The second-order valence-electron chi connectivity index (χ2n) is 5.53. The van der Waals surface area contributed by atoms with Crippen molar-refractivity contribution in [2.45, 2.75) is 26.5 Å². The number of fused-ring (bicyclic) bond motifs is 1. The highest BCUT2D eigenvalue weighted by molar-refractivity contribution is 5.82. The number of hydrogen-bond donors (Lipinski definition) is 1.